The van der Waals surface area contributed by atoms with Gasteiger partial charge in [0.25, 0.3) is 0 Å². The van der Waals surface area contributed by atoms with Crippen LogP contribution in [-0.4, -0.2) is 19.4 Å². The minimum Gasteiger partial charge on any atom is -0.300 e. The molecule has 0 fully saturated rings. The number of rotatable bonds is 2. The lowest BCUT2D eigenvalue weighted by Gasteiger charge is -1.97. The van der Waals surface area contributed by atoms with Gasteiger partial charge in [0.05, 0.1) is 0 Å². The van der Waals surface area contributed by atoms with Crippen LogP contribution in [0, 0.1) is 0 Å². The summed E-state index contributed by atoms with van der Waals surface area (Å²) in [6, 6.07) is 0. The summed E-state index contributed by atoms with van der Waals surface area (Å²) in [5.41, 5.74) is 0. The Morgan fingerprint density at radius 1 is 1.25 bits per heavy atom. The molecule has 0 aliphatic heterocycles. The second-order valence-corrected chi connectivity index (χ2v) is 1.94. The molecule has 0 saturated heterocycles. The summed E-state index contributed by atoms with van der Waals surface area (Å²) >= 11 is 0. The van der Waals surface area contributed by atoms with Crippen molar-refractivity contribution in [3.05, 3.63) is 0 Å². The first-order valence-corrected chi connectivity index (χ1v) is 2.56. The Balaban J connectivity index is 3.83. The van der Waals surface area contributed by atoms with Crippen molar-refractivity contribution < 1.29 is 9.59 Å². The van der Waals surface area contributed by atoms with Gasteiger partial charge in [0.2, 0.25) is 0 Å². The molecule has 3 heteroatoms. The lowest BCUT2D eigenvalue weighted by molar-refractivity contribution is -0.124. The van der Waals surface area contributed by atoms with Crippen LogP contribution in [0.1, 0.15) is 13.8 Å². The molecule has 0 atom stereocenters. The second-order valence-electron chi connectivity index (χ2n) is 1.94. The highest BCUT2D eigenvalue weighted by atomic mass is 16.1. The fourth-order valence-electron chi connectivity index (χ4n) is 0.286. The number of carbonyl (C=O) groups excluding carboxylic acids is 2. The van der Waals surface area contributed by atoms with Crippen LogP contribution < -0.4 is 0 Å². The topological polar surface area (TPSA) is 34.1 Å². The molecule has 8 heavy (non-hydrogen) atoms. The summed E-state index contributed by atoms with van der Waals surface area (Å²) in [6.45, 7) is 2.85. The van der Waals surface area contributed by atoms with E-state index in [4.69, 9.17) is 0 Å². The lowest BCUT2D eigenvalue weighted by atomic mass is 9.81. The highest BCUT2D eigenvalue weighted by molar-refractivity contribution is 6.35. The maximum Gasteiger partial charge on any atom is 0.132 e. The fraction of sp³-hybridized carbons (Fsp3) is 0.600. The normalized spacial score (nSPS) is 9.38. The first-order valence-electron chi connectivity index (χ1n) is 2.56. The van der Waals surface area contributed by atoms with Crippen molar-refractivity contribution in [1.29, 1.82) is 0 Å². The van der Waals surface area contributed by atoms with Crippen LogP contribution >= 0.6 is 0 Å². The van der Waals surface area contributed by atoms with E-state index < -0.39 is 5.82 Å². The van der Waals surface area contributed by atoms with Crippen LogP contribution in [0.4, 0.5) is 0 Å². The first kappa shape index (κ1) is 7.40. The quantitative estimate of drug-likeness (QED) is 0.359. The second kappa shape index (κ2) is 2.65. The Kier molecular flexibility index (Phi) is 2.45. The van der Waals surface area contributed by atoms with Gasteiger partial charge >= 0.3 is 0 Å². The largest absolute Gasteiger partial charge is 0.300 e. The van der Waals surface area contributed by atoms with E-state index in [1.807, 2.05) is 0 Å². The van der Waals surface area contributed by atoms with Gasteiger partial charge < -0.3 is 9.59 Å². The lowest BCUT2D eigenvalue weighted by Crippen LogP contribution is -2.11. The van der Waals surface area contributed by atoms with Gasteiger partial charge in [-0.05, 0) is 13.8 Å². The van der Waals surface area contributed by atoms with E-state index in [0.29, 0.717) is 0 Å². The molecule has 44 valence electrons. The Morgan fingerprint density at radius 3 is 1.50 bits per heavy atom. The van der Waals surface area contributed by atoms with Crippen LogP contribution in [0.15, 0.2) is 0 Å². The minimum atomic E-state index is -0.407. The Bertz CT molecular complexity index is 106. The zero-order valence-electron chi connectivity index (χ0n) is 5.39. The number of hydrogen-bond acceptors (Lipinski definition) is 2. The molecule has 0 bridgehead atoms. The van der Waals surface area contributed by atoms with Gasteiger partial charge in [0, 0.05) is 5.82 Å². The monoisotopic (exact) mass is 112 g/mol. The Hall–Kier alpha value is -0.595. The number of carbonyl (C=O) groups is 2. The molecule has 0 amide bonds. The molecule has 0 aromatic carbocycles. The van der Waals surface area contributed by atoms with Crippen molar-refractivity contribution in [2.24, 2.45) is 0 Å². The van der Waals surface area contributed by atoms with Crippen molar-refractivity contribution in [2.45, 2.75) is 19.7 Å². The molecule has 0 saturated carbocycles. The highest BCUT2D eigenvalue weighted by Gasteiger charge is 2.11. The fourth-order valence-corrected chi connectivity index (χ4v) is 0.286. The summed E-state index contributed by atoms with van der Waals surface area (Å²) in [5, 5.41) is 0. The highest BCUT2D eigenvalue weighted by Crippen LogP contribution is 1.99. The molecule has 0 heterocycles. The van der Waals surface area contributed by atoms with Gasteiger partial charge in [-0.25, -0.2) is 0 Å². The predicted octanol–water partition coefficient (Wildman–Crippen LogP) is -0.414. The van der Waals surface area contributed by atoms with Gasteiger partial charge in [-0.1, -0.05) is 0 Å². The van der Waals surface area contributed by atoms with Crippen LogP contribution in [0.2, 0.25) is 5.82 Å². The summed E-state index contributed by atoms with van der Waals surface area (Å²) < 4.78 is 0. The SMILES string of the molecule is BC(C(C)=O)C(C)=O. The molecule has 2 nitrogen and oxygen atoms in total. The molecule has 0 N–H and O–H groups in total. The van der Waals surface area contributed by atoms with Gasteiger partial charge in [-0.2, -0.15) is 0 Å². The van der Waals surface area contributed by atoms with E-state index in [2.05, 4.69) is 0 Å². The summed E-state index contributed by atoms with van der Waals surface area (Å²) in [6.07, 6.45) is 0. The van der Waals surface area contributed by atoms with Crippen molar-refractivity contribution in [1.82, 2.24) is 0 Å². The van der Waals surface area contributed by atoms with Gasteiger partial charge in [-0.15, -0.1) is 0 Å². The summed E-state index contributed by atoms with van der Waals surface area (Å²) in [7, 11) is 1.62. The summed E-state index contributed by atoms with van der Waals surface area (Å²) in [5.74, 6) is -0.523. The van der Waals surface area contributed by atoms with E-state index in [-0.39, 0.29) is 11.6 Å². The van der Waals surface area contributed by atoms with Crippen LogP contribution in [-0.2, 0) is 9.59 Å². The van der Waals surface area contributed by atoms with Crippen molar-refractivity contribution in [3.63, 3.8) is 0 Å². The maximum absolute atomic E-state index is 10.4. The molecule has 0 spiro atoms. The molecule has 0 unspecified atom stereocenters. The molecular formula is C5H9BO2. The maximum atomic E-state index is 10.4. The zero-order valence-corrected chi connectivity index (χ0v) is 5.39. The van der Waals surface area contributed by atoms with Gasteiger partial charge in [0.15, 0.2) is 0 Å². The van der Waals surface area contributed by atoms with E-state index in [1.165, 1.54) is 13.8 Å². The molecule has 0 aromatic rings. The molecular weight excluding hydrogens is 103 g/mol. The van der Waals surface area contributed by atoms with E-state index in [9.17, 15) is 9.59 Å². The average molecular weight is 112 g/mol. The molecule has 0 radical (unpaired) electrons. The van der Waals surface area contributed by atoms with Crippen molar-refractivity contribution in [2.75, 3.05) is 0 Å². The third-order valence-corrected chi connectivity index (χ3v) is 1.22. The van der Waals surface area contributed by atoms with E-state index in [0.717, 1.165) is 0 Å². The third kappa shape index (κ3) is 1.91. The minimum absolute atomic E-state index is 0.0579. The molecule has 0 rings (SSSR count). The first-order chi connectivity index (χ1) is 3.55. The van der Waals surface area contributed by atoms with Crippen molar-refractivity contribution in [3.8, 4) is 0 Å². The smallest absolute Gasteiger partial charge is 0.132 e. The van der Waals surface area contributed by atoms with Crippen LogP contribution in [0.5, 0.6) is 0 Å². The predicted molar refractivity (Wildman–Crippen MR) is 33.7 cm³/mol. The van der Waals surface area contributed by atoms with E-state index >= 15 is 0 Å². The van der Waals surface area contributed by atoms with Crippen molar-refractivity contribution >= 4 is 19.4 Å². The third-order valence-electron chi connectivity index (χ3n) is 1.22. The van der Waals surface area contributed by atoms with Crippen LogP contribution in [0.25, 0.3) is 0 Å². The Labute approximate surface area is 49.7 Å². The summed E-state index contributed by atoms with van der Waals surface area (Å²) in [4.78, 5) is 20.7. The molecule has 0 aliphatic carbocycles. The standard InChI is InChI=1S/C5H9BO2/c1-3(7)5(6)4(2)8/h5H,6H2,1-2H3. The average Bonchev–Trinajstić information content (AvgIpc) is 1.64. The Morgan fingerprint density at radius 2 is 1.50 bits per heavy atom. The zero-order chi connectivity index (χ0) is 6.73. The van der Waals surface area contributed by atoms with Crippen LogP contribution in [0.3, 0.4) is 0 Å². The van der Waals surface area contributed by atoms with E-state index in [1.54, 1.807) is 7.85 Å². The number of ketones is 2. The number of hydrogen-bond donors (Lipinski definition) is 0. The molecule has 0 aromatic heterocycles. The molecule has 0 aliphatic rings. The van der Waals surface area contributed by atoms with Gasteiger partial charge in [0.1, 0.15) is 19.4 Å². The number of Topliss-reactive ketones (excluding diaryl/α,β-unsaturated/α-hetero) is 2. The van der Waals surface area contributed by atoms with Gasteiger partial charge in [-0.3, -0.25) is 0 Å².